The Labute approximate surface area is 263 Å². The third-order valence-corrected chi connectivity index (χ3v) is 9.54. The zero-order chi connectivity index (χ0) is 34.4. The minimum Gasteiger partial charge on any atom is -0.395 e. The second-order valence-electron chi connectivity index (χ2n) is 11.8. The fraction of sp³-hybridized carbons (Fsp3) is 0.419. The molecule has 0 spiro atoms. The Morgan fingerprint density at radius 3 is 2.04 bits per heavy atom. The van der Waals surface area contributed by atoms with Gasteiger partial charge >= 0.3 is 12.4 Å². The highest BCUT2D eigenvalue weighted by molar-refractivity contribution is 7.88. The lowest BCUT2D eigenvalue weighted by molar-refractivity contribution is -0.143. The van der Waals surface area contributed by atoms with E-state index in [9.17, 15) is 44.7 Å². The maximum atomic E-state index is 14.0. The minimum absolute atomic E-state index is 0.0176. The number of aliphatic hydroxyl groups excluding tert-OH is 1. The van der Waals surface area contributed by atoms with Gasteiger partial charge in [0.25, 0.3) is 0 Å². The predicted molar refractivity (Wildman–Crippen MR) is 162 cm³/mol. The molecule has 1 aliphatic heterocycles. The average molecular weight is 673 g/mol. The summed E-state index contributed by atoms with van der Waals surface area (Å²) >= 11 is 0. The van der Waals surface area contributed by atoms with Crippen LogP contribution in [-0.4, -0.2) is 74.3 Å². The van der Waals surface area contributed by atoms with Crippen LogP contribution in [0.4, 0.5) is 37.8 Å². The zero-order valence-electron chi connectivity index (χ0n) is 25.7. The van der Waals surface area contributed by atoms with E-state index in [2.05, 4.69) is 4.98 Å². The first-order chi connectivity index (χ1) is 21.2. The van der Waals surface area contributed by atoms with Gasteiger partial charge in [-0.15, -0.1) is 0 Å². The third kappa shape index (κ3) is 7.15. The van der Waals surface area contributed by atoms with E-state index in [0.717, 1.165) is 16.7 Å². The van der Waals surface area contributed by atoms with Crippen LogP contribution in [0.5, 0.6) is 0 Å². The van der Waals surface area contributed by atoms with Crippen molar-refractivity contribution < 1.29 is 44.7 Å². The molecule has 1 aliphatic rings. The Kier molecular flexibility index (Phi) is 9.55. The van der Waals surface area contributed by atoms with Gasteiger partial charge in [-0.2, -0.15) is 30.6 Å². The maximum Gasteiger partial charge on any atom is 0.416 e. The number of aliphatic hydroxyl groups is 1. The van der Waals surface area contributed by atoms with Crippen molar-refractivity contribution in [2.45, 2.75) is 44.6 Å². The van der Waals surface area contributed by atoms with Gasteiger partial charge in [-0.3, -0.25) is 4.79 Å². The molecule has 0 aliphatic carbocycles. The lowest BCUT2D eigenvalue weighted by Gasteiger charge is -2.40. The molecule has 2 heterocycles. The molecular formula is C31H34F6N4O4S. The minimum atomic E-state index is -5.08. The number of hydrogen-bond donors (Lipinski definition) is 1. The van der Waals surface area contributed by atoms with Crippen molar-refractivity contribution in [2.24, 2.45) is 0 Å². The van der Waals surface area contributed by atoms with Crippen LogP contribution in [0, 0.1) is 6.92 Å². The zero-order valence-corrected chi connectivity index (χ0v) is 26.6. The van der Waals surface area contributed by atoms with Crippen molar-refractivity contribution in [2.75, 3.05) is 49.3 Å². The number of benzene rings is 2. The van der Waals surface area contributed by atoms with Crippen molar-refractivity contribution in [1.82, 2.24) is 9.29 Å². The van der Waals surface area contributed by atoms with Crippen LogP contribution in [0.25, 0.3) is 11.1 Å². The fourth-order valence-electron chi connectivity index (χ4n) is 5.57. The molecule has 46 heavy (non-hydrogen) atoms. The number of pyridine rings is 1. The maximum absolute atomic E-state index is 14.0. The number of aromatic nitrogens is 1. The normalized spacial score (nSPS) is 16.9. The Morgan fingerprint density at radius 1 is 0.957 bits per heavy atom. The molecule has 1 aromatic heterocycles. The number of hydrogen-bond acceptors (Lipinski definition) is 6. The number of rotatable bonds is 7. The lowest BCUT2D eigenvalue weighted by atomic mass is 9.81. The van der Waals surface area contributed by atoms with Gasteiger partial charge in [-0.25, -0.2) is 13.4 Å². The van der Waals surface area contributed by atoms with Crippen molar-refractivity contribution in [3.05, 3.63) is 77.0 Å². The Balaban J connectivity index is 1.79. The van der Waals surface area contributed by atoms with Crippen LogP contribution < -0.4 is 9.80 Å². The second-order valence-corrected chi connectivity index (χ2v) is 13.7. The van der Waals surface area contributed by atoms with Gasteiger partial charge < -0.3 is 14.9 Å². The van der Waals surface area contributed by atoms with Gasteiger partial charge in [0.2, 0.25) is 15.9 Å². The number of carbonyl (C=O) groups excluding carboxylic acids is 1. The molecule has 3 aromatic rings. The van der Waals surface area contributed by atoms with E-state index in [-0.39, 0.29) is 31.4 Å². The molecule has 250 valence electrons. The highest BCUT2D eigenvalue weighted by atomic mass is 32.2. The molecule has 15 heteroatoms. The summed E-state index contributed by atoms with van der Waals surface area (Å²) in [7, 11) is -2.21. The first kappa shape index (κ1) is 35.2. The fourth-order valence-corrected chi connectivity index (χ4v) is 6.66. The number of likely N-dealkylation sites (N-methyl/N-ethyl adjacent to an activating group) is 1. The van der Waals surface area contributed by atoms with Crippen LogP contribution in [0.3, 0.4) is 0 Å². The molecule has 0 radical (unpaired) electrons. The summed E-state index contributed by atoms with van der Waals surface area (Å²) in [6.07, 6.45) is -7.72. The number of anilines is 2. The van der Waals surface area contributed by atoms with E-state index in [1.54, 1.807) is 29.2 Å². The summed E-state index contributed by atoms with van der Waals surface area (Å²) in [5.41, 5.74) is -3.11. The topological polar surface area (TPSA) is 94.1 Å². The smallest absolute Gasteiger partial charge is 0.395 e. The quantitative estimate of drug-likeness (QED) is 0.335. The largest absolute Gasteiger partial charge is 0.416 e. The van der Waals surface area contributed by atoms with Gasteiger partial charge in [0.05, 0.1) is 47.3 Å². The highest BCUT2D eigenvalue weighted by Gasteiger charge is 2.41. The van der Waals surface area contributed by atoms with E-state index in [0.29, 0.717) is 29.1 Å². The van der Waals surface area contributed by atoms with Gasteiger partial charge in [-0.1, -0.05) is 24.3 Å². The van der Waals surface area contributed by atoms with Crippen LogP contribution in [0.15, 0.2) is 54.7 Å². The monoisotopic (exact) mass is 672 g/mol. The third-order valence-electron chi connectivity index (χ3n) is 8.20. The molecule has 2 aromatic carbocycles. The molecule has 0 bridgehead atoms. The lowest BCUT2D eigenvalue weighted by Crippen LogP contribution is -2.56. The number of halogens is 6. The average Bonchev–Trinajstić information content (AvgIpc) is 2.98. The van der Waals surface area contributed by atoms with Gasteiger partial charge in [-0.05, 0) is 61.7 Å². The van der Waals surface area contributed by atoms with E-state index in [1.165, 1.54) is 31.4 Å². The summed E-state index contributed by atoms with van der Waals surface area (Å²) in [6, 6.07) is 9.28. The van der Waals surface area contributed by atoms with E-state index < -0.39 is 63.0 Å². The van der Waals surface area contributed by atoms with Crippen molar-refractivity contribution in [3.63, 3.8) is 0 Å². The molecular weight excluding hydrogens is 638 g/mol. The Morgan fingerprint density at radius 2 is 1.52 bits per heavy atom. The summed E-state index contributed by atoms with van der Waals surface area (Å²) in [5.74, 6) is -0.368. The van der Waals surface area contributed by atoms with Crippen LogP contribution >= 0.6 is 0 Å². The Bertz CT molecular complexity index is 1690. The number of piperazine rings is 1. The van der Waals surface area contributed by atoms with Gasteiger partial charge in [0.1, 0.15) is 5.82 Å². The molecule has 1 N–H and O–H groups in total. The van der Waals surface area contributed by atoms with E-state index in [4.69, 9.17) is 0 Å². The van der Waals surface area contributed by atoms with E-state index >= 15 is 0 Å². The Hall–Kier alpha value is -3.69. The molecule has 0 unspecified atom stereocenters. The van der Waals surface area contributed by atoms with E-state index in [1.807, 2.05) is 13.0 Å². The number of alkyl halides is 6. The highest BCUT2D eigenvalue weighted by Crippen LogP contribution is 2.41. The summed E-state index contributed by atoms with van der Waals surface area (Å²) in [4.78, 5) is 21.4. The molecule has 1 fully saturated rings. The summed E-state index contributed by atoms with van der Waals surface area (Å²) in [6.45, 7) is 4.39. The van der Waals surface area contributed by atoms with Crippen LogP contribution in [-0.2, 0) is 32.6 Å². The summed E-state index contributed by atoms with van der Waals surface area (Å²) in [5, 5.41) is 9.91. The number of amides is 1. The van der Waals surface area contributed by atoms with Crippen molar-refractivity contribution >= 4 is 27.4 Å². The predicted octanol–water partition coefficient (Wildman–Crippen LogP) is 5.48. The number of aryl methyl sites for hydroxylation is 1. The van der Waals surface area contributed by atoms with Crippen LogP contribution in [0.1, 0.15) is 36.1 Å². The standard InChI is InChI=1S/C31H34F6N4O4S/c1-19-8-6-7-9-24(19)25-15-27(40-10-11-41(46(5,44)45)23(17-40)18-42)38-16-26(25)39(4)28(43)29(2,3)20-12-21(30(32,33)34)14-22(13-20)31(35,36)37/h6-9,12-16,23,42H,10-11,17-18H2,1-5H3/t23-/m0/s1. The van der Waals surface area contributed by atoms with Crippen molar-refractivity contribution in [3.8, 4) is 11.1 Å². The molecule has 1 amide bonds. The van der Waals surface area contributed by atoms with Gasteiger partial charge in [0, 0.05) is 32.2 Å². The molecule has 4 rings (SSSR count). The summed E-state index contributed by atoms with van der Waals surface area (Å²) < 4.78 is 107. The second kappa shape index (κ2) is 12.5. The SMILES string of the molecule is Cc1ccccc1-c1cc(N2CCN(S(C)(=O)=O)[C@H](CO)C2)ncc1N(C)C(=O)C(C)(C)c1cc(C(F)(F)F)cc(C(F)(F)F)c1. The first-order valence-electron chi connectivity index (χ1n) is 14.1. The number of sulfonamides is 1. The molecule has 1 atom stereocenters. The molecule has 8 nitrogen and oxygen atoms in total. The molecule has 1 saturated heterocycles. The first-order valence-corrected chi connectivity index (χ1v) is 16.0. The number of nitrogens with zero attached hydrogens (tertiary/aromatic N) is 4. The number of carbonyl (C=O) groups is 1. The molecule has 0 saturated carbocycles. The van der Waals surface area contributed by atoms with Crippen LogP contribution in [0.2, 0.25) is 0 Å². The van der Waals surface area contributed by atoms with Crippen molar-refractivity contribution in [1.29, 1.82) is 0 Å². The van der Waals surface area contributed by atoms with Gasteiger partial charge in [0.15, 0.2) is 0 Å².